The molecule has 0 aliphatic heterocycles. The molecule has 1 aliphatic carbocycles. The van der Waals surface area contributed by atoms with Gasteiger partial charge < -0.3 is 5.32 Å². The van der Waals surface area contributed by atoms with Crippen molar-refractivity contribution in [3.8, 4) is 0 Å². The minimum Gasteiger partial charge on any atom is -0.314 e. The third-order valence-electron chi connectivity index (χ3n) is 2.30. The Morgan fingerprint density at radius 2 is 2.13 bits per heavy atom. The van der Waals surface area contributed by atoms with Crippen molar-refractivity contribution in [1.82, 2.24) is 5.32 Å². The number of nitrogens with one attached hydrogen (secondary N) is 1. The average Bonchev–Trinajstić information content (AvgIpc) is 2.61. The summed E-state index contributed by atoms with van der Waals surface area (Å²) in [6.45, 7) is 0.655. The van der Waals surface area contributed by atoms with E-state index in [1.165, 1.54) is 12.0 Å². The Hall–Kier alpha value is -0.550. The molecule has 0 aromatic heterocycles. The highest BCUT2D eigenvalue weighted by molar-refractivity contribution is 5.07. The van der Waals surface area contributed by atoms with E-state index in [1.807, 2.05) is 0 Å². The fraction of sp³-hybridized carbons (Fsp3) is 0.800. The van der Waals surface area contributed by atoms with Crippen molar-refractivity contribution < 1.29 is 17.9 Å². The molecule has 0 atom stereocenters. The molecule has 2 nitrogen and oxygen atoms in total. The molecule has 0 amide bonds. The molecule has 0 heterocycles. The van der Waals surface area contributed by atoms with Gasteiger partial charge in [0.25, 0.3) is 0 Å². The van der Waals surface area contributed by atoms with Gasteiger partial charge in [-0.2, -0.15) is 0 Å². The predicted octanol–water partition coefficient (Wildman–Crippen LogP) is 2.61. The summed E-state index contributed by atoms with van der Waals surface area (Å²) < 4.78 is 38.3. The van der Waals surface area contributed by atoms with Gasteiger partial charge in [-0.15, -0.1) is 13.2 Å². The largest absolute Gasteiger partial charge is 0.522 e. The molecule has 0 unspecified atom stereocenters. The first-order valence-electron chi connectivity index (χ1n) is 5.17. The molecule has 15 heavy (non-hydrogen) atoms. The standard InChI is InChI=1S/C10H16F3NO/c11-10(12,13)15-8-7-14-6-5-9-3-1-2-4-9/h3,14H,1-2,4-8H2. The molecule has 1 N–H and O–H groups in total. The first-order valence-corrected chi connectivity index (χ1v) is 5.17. The molecule has 0 radical (unpaired) electrons. The van der Waals surface area contributed by atoms with Gasteiger partial charge in [-0.3, -0.25) is 4.74 Å². The van der Waals surface area contributed by atoms with Gasteiger partial charge in [-0.05, 0) is 32.2 Å². The Labute approximate surface area is 87.5 Å². The van der Waals surface area contributed by atoms with Gasteiger partial charge in [0.1, 0.15) is 0 Å². The van der Waals surface area contributed by atoms with E-state index in [1.54, 1.807) is 0 Å². The lowest BCUT2D eigenvalue weighted by Gasteiger charge is -2.08. The number of hydrogen-bond donors (Lipinski definition) is 1. The highest BCUT2D eigenvalue weighted by Gasteiger charge is 2.28. The van der Waals surface area contributed by atoms with Crippen molar-refractivity contribution >= 4 is 0 Å². The monoisotopic (exact) mass is 223 g/mol. The zero-order valence-electron chi connectivity index (χ0n) is 8.57. The topological polar surface area (TPSA) is 21.3 Å². The molecule has 88 valence electrons. The minimum absolute atomic E-state index is 0.243. The van der Waals surface area contributed by atoms with E-state index in [-0.39, 0.29) is 13.2 Å². The molecule has 0 saturated carbocycles. The predicted molar refractivity (Wildman–Crippen MR) is 51.4 cm³/mol. The van der Waals surface area contributed by atoms with E-state index in [0.717, 1.165) is 25.8 Å². The molecular formula is C10H16F3NO. The summed E-state index contributed by atoms with van der Waals surface area (Å²) in [5, 5.41) is 2.92. The Bertz CT molecular complexity index is 213. The number of halogens is 3. The van der Waals surface area contributed by atoms with Gasteiger partial charge in [0.15, 0.2) is 0 Å². The van der Waals surface area contributed by atoms with Crippen LogP contribution in [0.15, 0.2) is 11.6 Å². The molecule has 1 rings (SSSR count). The Morgan fingerprint density at radius 1 is 1.33 bits per heavy atom. The van der Waals surface area contributed by atoms with Crippen LogP contribution in [0, 0.1) is 0 Å². The van der Waals surface area contributed by atoms with Gasteiger partial charge in [-0.25, -0.2) is 0 Å². The van der Waals surface area contributed by atoms with Crippen molar-refractivity contribution in [1.29, 1.82) is 0 Å². The highest BCUT2D eigenvalue weighted by Crippen LogP contribution is 2.19. The van der Waals surface area contributed by atoms with Gasteiger partial charge in [0.2, 0.25) is 0 Å². The van der Waals surface area contributed by atoms with E-state index < -0.39 is 6.36 Å². The normalized spacial score (nSPS) is 16.9. The van der Waals surface area contributed by atoms with Crippen LogP contribution in [0.2, 0.25) is 0 Å². The Balaban J connectivity index is 1.89. The van der Waals surface area contributed by atoms with Crippen molar-refractivity contribution in [2.45, 2.75) is 32.0 Å². The molecular weight excluding hydrogens is 207 g/mol. The third-order valence-corrected chi connectivity index (χ3v) is 2.30. The van der Waals surface area contributed by atoms with Crippen molar-refractivity contribution in [3.63, 3.8) is 0 Å². The van der Waals surface area contributed by atoms with Crippen LogP contribution < -0.4 is 5.32 Å². The van der Waals surface area contributed by atoms with E-state index >= 15 is 0 Å². The van der Waals surface area contributed by atoms with Gasteiger partial charge in [0.05, 0.1) is 6.61 Å². The second-order valence-electron chi connectivity index (χ2n) is 3.55. The molecule has 5 heteroatoms. The van der Waals surface area contributed by atoms with Crippen LogP contribution in [0.25, 0.3) is 0 Å². The fourth-order valence-corrected chi connectivity index (χ4v) is 1.58. The first kappa shape index (κ1) is 12.5. The molecule has 0 saturated heterocycles. The van der Waals surface area contributed by atoms with Gasteiger partial charge in [-0.1, -0.05) is 11.6 Å². The summed E-state index contributed by atoms with van der Waals surface area (Å²) in [6.07, 6.45) is 2.15. The lowest BCUT2D eigenvalue weighted by atomic mass is 10.2. The second-order valence-corrected chi connectivity index (χ2v) is 3.55. The third kappa shape index (κ3) is 6.52. The fourth-order valence-electron chi connectivity index (χ4n) is 1.58. The molecule has 0 bridgehead atoms. The number of allylic oxidation sites excluding steroid dienone is 1. The number of rotatable bonds is 6. The minimum atomic E-state index is -4.50. The first-order chi connectivity index (χ1) is 7.08. The quantitative estimate of drug-likeness (QED) is 0.552. The maximum Gasteiger partial charge on any atom is 0.522 e. The van der Waals surface area contributed by atoms with Crippen molar-refractivity contribution in [2.75, 3.05) is 19.7 Å². The molecule has 1 aliphatic rings. The number of hydrogen-bond acceptors (Lipinski definition) is 2. The van der Waals surface area contributed by atoms with Gasteiger partial charge >= 0.3 is 6.36 Å². The summed E-state index contributed by atoms with van der Waals surface area (Å²) >= 11 is 0. The Morgan fingerprint density at radius 3 is 2.73 bits per heavy atom. The molecule has 0 aromatic rings. The van der Waals surface area contributed by atoms with Crippen LogP contribution >= 0.6 is 0 Å². The van der Waals surface area contributed by atoms with E-state index in [2.05, 4.69) is 16.1 Å². The van der Waals surface area contributed by atoms with Crippen LogP contribution in [-0.2, 0) is 4.74 Å². The number of alkyl halides is 3. The van der Waals surface area contributed by atoms with Crippen LogP contribution in [0.5, 0.6) is 0 Å². The summed E-state index contributed by atoms with van der Waals surface area (Å²) in [5.41, 5.74) is 1.42. The molecule has 0 spiro atoms. The smallest absolute Gasteiger partial charge is 0.314 e. The lowest BCUT2D eigenvalue weighted by Crippen LogP contribution is -2.25. The van der Waals surface area contributed by atoms with Crippen LogP contribution in [-0.4, -0.2) is 26.1 Å². The molecule has 0 fully saturated rings. The van der Waals surface area contributed by atoms with Crippen LogP contribution in [0.4, 0.5) is 13.2 Å². The summed E-state index contributed by atoms with van der Waals surface area (Å²) in [5.74, 6) is 0. The average molecular weight is 223 g/mol. The zero-order valence-corrected chi connectivity index (χ0v) is 8.57. The maximum absolute atomic E-state index is 11.6. The summed E-state index contributed by atoms with van der Waals surface area (Å²) in [7, 11) is 0. The van der Waals surface area contributed by atoms with Crippen molar-refractivity contribution in [2.24, 2.45) is 0 Å². The van der Waals surface area contributed by atoms with Gasteiger partial charge in [0, 0.05) is 6.54 Å². The van der Waals surface area contributed by atoms with Crippen LogP contribution in [0.1, 0.15) is 25.7 Å². The summed E-state index contributed by atoms with van der Waals surface area (Å²) in [4.78, 5) is 0. The van der Waals surface area contributed by atoms with Crippen LogP contribution in [0.3, 0.4) is 0 Å². The highest BCUT2D eigenvalue weighted by atomic mass is 19.4. The SMILES string of the molecule is FC(F)(F)OCCNCCC1=CCCC1. The lowest BCUT2D eigenvalue weighted by molar-refractivity contribution is -0.323. The molecule has 0 aromatic carbocycles. The zero-order chi connectivity index (χ0) is 11.1. The van der Waals surface area contributed by atoms with E-state index in [4.69, 9.17) is 0 Å². The second kappa shape index (κ2) is 6.12. The summed E-state index contributed by atoms with van der Waals surface area (Å²) in [6, 6.07) is 0. The van der Waals surface area contributed by atoms with E-state index in [0.29, 0.717) is 0 Å². The Kier molecular flexibility index (Phi) is 5.11. The maximum atomic E-state index is 11.6. The van der Waals surface area contributed by atoms with Crippen molar-refractivity contribution in [3.05, 3.63) is 11.6 Å². The number of ether oxygens (including phenoxy) is 1. The van der Waals surface area contributed by atoms with E-state index in [9.17, 15) is 13.2 Å².